The third kappa shape index (κ3) is 58.1. The molecule has 0 aromatic carbocycles. The van der Waals surface area contributed by atoms with Crippen LogP contribution in [0.3, 0.4) is 0 Å². The summed E-state index contributed by atoms with van der Waals surface area (Å²) in [7, 11) is 0. The van der Waals surface area contributed by atoms with Gasteiger partial charge in [0.1, 0.15) is 13.2 Å². The Morgan fingerprint density at radius 1 is 0.288 bits per heavy atom. The topological polar surface area (TPSA) is 78.9 Å². The Labute approximate surface area is 448 Å². The fourth-order valence-electron chi connectivity index (χ4n) is 7.47. The molecular formula is C67H106O6. The Morgan fingerprint density at radius 2 is 0.548 bits per heavy atom. The van der Waals surface area contributed by atoms with Crippen LogP contribution in [-0.2, 0) is 28.6 Å². The smallest absolute Gasteiger partial charge is 0.306 e. The molecule has 0 aliphatic carbocycles. The fraction of sp³-hybridized carbons (Fsp3) is 0.597. The zero-order valence-corrected chi connectivity index (χ0v) is 46.8. The highest BCUT2D eigenvalue weighted by Gasteiger charge is 2.19. The first kappa shape index (κ1) is 68.3. The number of carbonyl (C=O) groups excluding carboxylic acids is 3. The molecule has 0 aliphatic rings. The minimum absolute atomic E-state index is 0.112. The van der Waals surface area contributed by atoms with Crippen molar-refractivity contribution in [1.82, 2.24) is 0 Å². The lowest BCUT2D eigenvalue weighted by molar-refractivity contribution is -0.167. The molecule has 0 heterocycles. The molecular weight excluding hydrogens is 901 g/mol. The van der Waals surface area contributed by atoms with Crippen LogP contribution in [0, 0.1) is 0 Å². The van der Waals surface area contributed by atoms with E-state index in [1.54, 1.807) is 0 Å². The van der Waals surface area contributed by atoms with E-state index in [0.717, 1.165) is 141 Å². The first-order valence-electron chi connectivity index (χ1n) is 29.3. The van der Waals surface area contributed by atoms with Crippen molar-refractivity contribution in [2.75, 3.05) is 13.2 Å². The second-order valence-electron chi connectivity index (χ2n) is 18.8. The first-order chi connectivity index (χ1) is 36.0. The predicted molar refractivity (Wildman–Crippen MR) is 315 cm³/mol. The molecule has 0 N–H and O–H groups in total. The molecule has 0 rings (SSSR count). The van der Waals surface area contributed by atoms with E-state index < -0.39 is 6.10 Å². The van der Waals surface area contributed by atoms with E-state index in [1.807, 2.05) is 0 Å². The van der Waals surface area contributed by atoms with Gasteiger partial charge in [-0.2, -0.15) is 0 Å². The number of rotatable bonds is 51. The van der Waals surface area contributed by atoms with Gasteiger partial charge in [0.15, 0.2) is 6.10 Å². The second-order valence-corrected chi connectivity index (χ2v) is 18.8. The molecule has 0 radical (unpaired) electrons. The number of esters is 3. The van der Waals surface area contributed by atoms with Crippen molar-refractivity contribution in [3.8, 4) is 0 Å². The van der Waals surface area contributed by atoms with Crippen molar-refractivity contribution in [2.24, 2.45) is 0 Å². The van der Waals surface area contributed by atoms with Crippen LogP contribution in [0.4, 0.5) is 0 Å². The molecule has 1 unspecified atom stereocenters. The molecule has 6 heteroatoms. The molecule has 0 amide bonds. The highest BCUT2D eigenvalue weighted by atomic mass is 16.6. The van der Waals surface area contributed by atoms with Crippen LogP contribution in [0.25, 0.3) is 0 Å². The fourth-order valence-corrected chi connectivity index (χ4v) is 7.47. The molecule has 0 spiro atoms. The Morgan fingerprint density at radius 3 is 0.904 bits per heavy atom. The van der Waals surface area contributed by atoms with Gasteiger partial charge in [0.25, 0.3) is 0 Å². The number of allylic oxidation sites excluding steroid dienone is 24. The largest absolute Gasteiger partial charge is 0.462 e. The highest BCUT2D eigenvalue weighted by Crippen LogP contribution is 2.13. The zero-order chi connectivity index (χ0) is 52.9. The number of ether oxygens (including phenoxy) is 3. The minimum atomic E-state index is -0.820. The summed E-state index contributed by atoms with van der Waals surface area (Å²) >= 11 is 0. The average Bonchev–Trinajstić information content (AvgIpc) is 3.39. The lowest BCUT2D eigenvalue weighted by atomic mass is 10.1. The van der Waals surface area contributed by atoms with Crippen molar-refractivity contribution < 1.29 is 28.6 Å². The first-order valence-corrected chi connectivity index (χ1v) is 29.3. The van der Waals surface area contributed by atoms with E-state index in [9.17, 15) is 14.4 Å². The summed E-state index contributed by atoms with van der Waals surface area (Å²) in [5.74, 6) is -1.00. The van der Waals surface area contributed by atoms with Gasteiger partial charge in [-0.15, -0.1) is 0 Å². The monoisotopic (exact) mass is 1010 g/mol. The van der Waals surface area contributed by atoms with E-state index in [-0.39, 0.29) is 37.5 Å². The lowest BCUT2D eigenvalue weighted by Gasteiger charge is -2.18. The maximum absolute atomic E-state index is 12.9. The molecule has 0 saturated heterocycles. The van der Waals surface area contributed by atoms with Crippen LogP contribution in [0.1, 0.15) is 239 Å². The third-order valence-corrected chi connectivity index (χ3v) is 11.8. The molecule has 410 valence electrons. The minimum Gasteiger partial charge on any atom is -0.462 e. The van der Waals surface area contributed by atoms with Gasteiger partial charge in [0.2, 0.25) is 0 Å². The molecule has 1 atom stereocenters. The van der Waals surface area contributed by atoms with E-state index in [2.05, 4.69) is 167 Å². The Kier molecular flexibility index (Phi) is 56.0. The summed E-state index contributed by atoms with van der Waals surface area (Å²) in [5, 5.41) is 0. The van der Waals surface area contributed by atoms with Crippen LogP contribution in [0.2, 0.25) is 0 Å². The maximum atomic E-state index is 12.9. The summed E-state index contributed by atoms with van der Waals surface area (Å²) in [6.45, 7) is 6.32. The Bertz CT molecular complexity index is 1630. The number of carbonyl (C=O) groups is 3. The maximum Gasteiger partial charge on any atom is 0.306 e. The van der Waals surface area contributed by atoms with Gasteiger partial charge in [0, 0.05) is 19.3 Å². The van der Waals surface area contributed by atoms with Crippen molar-refractivity contribution in [2.45, 2.75) is 245 Å². The van der Waals surface area contributed by atoms with Crippen molar-refractivity contribution in [1.29, 1.82) is 0 Å². The van der Waals surface area contributed by atoms with Crippen LogP contribution >= 0.6 is 0 Å². The van der Waals surface area contributed by atoms with E-state index >= 15 is 0 Å². The van der Waals surface area contributed by atoms with Crippen LogP contribution in [-0.4, -0.2) is 37.2 Å². The molecule has 0 fully saturated rings. The van der Waals surface area contributed by atoms with Gasteiger partial charge < -0.3 is 14.2 Å². The highest BCUT2D eigenvalue weighted by molar-refractivity contribution is 5.71. The van der Waals surface area contributed by atoms with Gasteiger partial charge in [-0.3, -0.25) is 14.4 Å². The molecule has 0 bridgehead atoms. The van der Waals surface area contributed by atoms with Crippen molar-refractivity contribution >= 4 is 17.9 Å². The molecule has 0 aromatic heterocycles. The van der Waals surface area contributed by atoms with Gasteiger partial charge in [-0.25, -0.2) is 0 Å². The van der Waals surface area contributed by atoms with Gasteiger partial charge in [-0.05, 0) is 135 Å². The number of unbranched alkanes of at least 4 members (excludes halogenated alkanes) is 16. The Hall–Kier alpha value is -4.71. The number of hydrogen-bond acceptors (Lipinski definition) is 6. The molecule has 6 nitrogen and oxygen atoms in total. The van der Waals surface area contributed by atoms with Crippen molar-refractivity contribution in [3.63, 3.8) is 0 Å². The lowest BCUT2D eigenvalue weighted by Crippen LogP contribution is -2.30. The standard InChI is InChI=1S/C67H106O6/c1-4-7-10-13-16-19-22-25-27-29-31-32-33-34-36-37-39-42-45-48-51-54-57-60-66(69)72-63-64(62-71-65(68)59-56-53-50-47-44-41-24-21-18-15-12-9-6-3)73-67(70)61-58-55-52-49-46-43-40-38-35-30-28-26-23-20-17-14-11-8-5-2/h7-8,10-11,16-17,19-21,24-28,31-32,34-36,38-39,42,48,51,64H,4-6,9,12-15,18,22-23,29-30,33,37,40-41,43-47,49-50,52-63H2,1-3H3/b10-7-,11-8-,19-16-,20-17-,24-21-,27-25-,28-26-,32-31-,36-34-,38-35-,42-39-,51-48-. The Balaban J connectivity index is 4.53. The van der Waals surface area contributed by atoms with E-state index in [0.29, 0.717) is 19.3 Å². The number of hydrogen-bond donors (Lipinski definition) is 0. The van der Waals surface area contributed by atoms with E-state index in [4.69, 9.17) is 14.2 Å². The SMILES string of the molecule is CC/C=C\C/C=C\C/C=C\C/C=C\C/C=C\C/C=C\C/C=C\CCCC(=O)OCC(COC(=O)CCCCCCC/C=C\CCCCCC)OC(=O)CCCCCCCC/C=C\C/C=C\C/C=C\C/C=C\CC. The second kappa shape index (κ2) is 59.8. The van der Waals surface area contributed by atoms with Crippen LogP contribution in [0.5, 0.6) is 0 Å². The normalized spacial score (nSPS) is 13.2. The molecule has 73 heavy (non-hydrogen) atoms. The van der Waals surface area contributed by atoms with E-state index in [1.165, 1.54) is 51.4 Å². The summed E-state index contributed by atoms with van der Waals surface area (Å²) in [6, 6.07) is 0. The van der Waals surface area contributed by atoms with Gasteiger partial charge >= 0.3 is 17.9 Å². The van der Waals surface area contributed by atoms with Gasteiger partial charge in [0.05, 0.1) is 0 Å². The third-order valence-electron chi connectivity index (χ3n) is 11.8. The molecule has 0 aliphatic heterocycles. The zero-order valence-electron chi connectivity index (χ0n) is 46.8. The predicted octanol–water partition coefficient (Wildman–Crippen LogP) is 20.0. The van der Waals surface area contributed by atoms with Gasteiger partial charge in [-0.1, -0.05) is 231 Å². The summed E-state index contributed by atoms with van der Waals surface area (Å²) in [4.78, 5) is 38.2. The van der Waals surface area contributed by atoms with Crippen LogP contribution < -0.4 is 0 Å². The summed E-state index contributed by atoms with van der Waals surface area (Å²) in [5.41, 5.74) is 0. The molecule has 0 aromatic rings. The average molecular weight is 1010 g/mol. The summed E-state index contributed by atoms with van der Waals surface area (Å²) < 4.78 is 16.8. The van der Waals surface area contributed by atoms with Crippen molar-refractivity contribution in [3.05, 3.63) is 146 Å². The van der Waals surface area contributed by atoms with Crippen LogP contribution in [0.15, 0.2) is 146 Å². The molecule has 0 saturated carbocycles. The quantitative estimate of drug-likeness (QED) is 0.0261. The summed E-state index contributed by atoms with van der Waals surface area (Å²) in [6.07, 6.45) is 85.5.